The highest BCUT2D eigenvalue weighted by Gasteiger charge is 2.53. The summed E-state index contributed by atoms with van der Waals surface area (Å²) in [7, 11) is -7.34. The fraction of sp³-hybridized carbons (Fsp3) is 0.478. The van der Waals surface area contributed by atoms with E-state index in [0.717, 1.165) is 36.8 Å². The number of nitrogens with two attached hydrogens (primary N) is 2. The molecule has 0 spiro atoms. The third-order valence-electron chi connectivity index (χ3n) is 22.6. The number of benzene rings is 6. The Bertz CT molecular complexity index is 5400. The number of hydrogen-bond acceptors (Lipinski definition) is 28. The van der Waals surface area contributed by atoms with Crippen molar-refractivity contribution >= 4 is 147 Å². The van der Waals surface area contributed by atoms with Gasteiger partial charge in [0.05, 0.1) is 69.0 Å². The lowest BCUT2D eigenvalue weighted by Gasteiger charge is -2.32. The number of halogens is 6. The molecule has 2 saturated heterocycles. The lowest BCUT2D eigenvalue weighted by molar-refractivity contribution is -0.140. The fourth-order valence-electron chi connectivity index (χ4n) is 13.3. The predicted molar refractivity (Wildman–Crippen MR) is 512 cm³/mol. The highest BCUT2D eigenvalue weighted by atomic mass is 19.1. The van der Waals surface area contributed by atoms with Gasteiger partial charge in [-0.25, -0.2) is 50.3 Å². The van der Waals surface area contributed by atoms with Crippen molar-refractivity contribution in [3.8, 4) is 0 Å². The minimum absolute atomic E-state index is 0.0111. The Balaban J connectivity index is 0.000000310. The molecule has 0 aromatic heterocycles. The maximum Gasteiger partial charge on any atom is 0.494 e. The third-order valence-corrected chi connectivity index (χ3v) is 22.6. The van der Waals surface area contributed by atoms with Crippen LogP contribution in [0.4, 0.5) is 35.9 Å². The first-order valence-electron chi connectivity index (χ1n) is 45.3. The predicted octanol–water partition coefficient (Wildman–Crippen LogP) is 4.13. The van der Waals surface area contributed by atoms with E-state index in [-0.39, 0.29) is 113 Å². The van der Waals surface area contributed by atoms with E-state index in [0.29, 0.717) is 85.4 Å². The van der Waals surface area contributed by atoms with Crippen molar-refractivity contribution in [2.45, 2.75) is 259 Å². The van der Waals surface area contributed by atoms with Gasteiger partial charge in [0, 0.05) is 19.6 Å². The molecule has 0 unspecified atom stereocenters. The fourth-order valence-corrected chi connectivity index (χ4v) is 13.3. The summed E-state index contributed by atoms with van der Waals surface area (Å²) in [5, 5.41) is 105. The summed E-state index contributed by atoms with van der Waals surface area (Å²) >= 11 is 0. The van der Waals surface area contributed by atoms with Gasteiger partial charge in [0.2, 0.25) is 0 Å². The van der Waals surface area contributed by atoms with Crippen LogP contribution in [0.1, 0.15) is 261 Å². The van der Waals surface area contributed by atoms with Crippen LogP contribution in [0.2, 0.25) is 0 Å². The van der Waals surface area contributed by atoms with E-state index in [9.17, 15) is 104 Å². The number of carboxylic acid groups (broad SMARTS) is 4. The molecule has 4 atom stereocenters. The Morgan fingerprint density at radius 1 is 0.401 bits per heavy atom. The van der Waals surface area contributed by atoms with E-state index >= 15 is 0 Å². The van der Waals surface area contributed by atoms with Crippen molar-refractivity contribution in [3.63, 3.8) is 0 Å². The maximum atomic E-state index is 14.7. The number of hydrogen-bond donors (Lipinski definition) is 18. The molecular weight excluding hydrogens is 1880 g/mol. The van der Waals surface area contributed by atoms with Crippen molar-refractivity contribution in [1.82, 2.24) is 31.9 Å². The molecule has 50 heteroatoms. The van der Waals surface area contributed by atoms with Gasteiger partial charge in [-0.3, -0.25) is 33.6 Å². The Labute approximate surface area is 819 Å². The zero-order valence-electron chi connectivity index (χ0n) is 81.8. The minimum Gasteiger partial charge on any atom is -0.480 e. The van der Waals surface area contributed by atoms with Crippen LogP contribution < -0.4 is 76.1 Å². The molecule has 4 aliphatic heterocycles. The molecule has 0 saturated carbocycles. The van der Waals surface area contributed by atoms with Crippen molar-refractivity contribution in [2.24, 2.45) is 11.5 Å². The zero-order valence-corrected chi connectivity index (χ0v) is 81.8. The third kappa shape index (κ3) is 37.6. The van der Waals surface area contributed by atoms with Gasteiger partial charge >= 0.3 is 78.8 Å². The van der Waals surface area contributed by atoms with Gasteiger partial charge in [0.25, 0.3) is 23.6 Å². The van der Waals surface area contributed by atoms with Crippen LogP contribution in [-0.4, -0.2) is 248 Å². The number of amides is 6. The topological polar surface area (TPSA) is 605 Å². The van der Waals surface area contributed by atoms with Crippen molar-refractivity contribution < 1.29 is 172 Å². The lowest BCUT2D eigenvalue weighted by atomic mass is 9.78. The van der Waals surface area contributed by atoms with Crippen LogP contribution in [0.3, 0.4) is 0 Å². The highest BCUT2D eigenvalue weighted by Crippen LogP contribution is 2.38. The summed E-state index contributed by atoms with van der Waals surface area (Å²) in [4.78, 5) is 139. The van der Waals surface area contributed by atoms with Crippen LogP contribution in [0.25, 0.3) is 0 Å². The van der Waals surface area contributed by atoms with Crippen LogP contribution in [0, 0.1) is 34.9 Å². The molecule has 6 amide bonds. The molecule has 0 bridgehead atoms. The second-order valence-electron chi connectivity index (χ2n) is 37.3. The second-order valence-corrected chi connectivity index (χ2v) is 37.3. The van der Waals surface area contributed by atoms with Crippen molar-refractivity contribution in [1.29, 1.82) is 0 Å². The Morgan fingerprint density at radius 3 is 1.06 bits per heavy atom. The van der Waals surface area contributed by atoms with Gasteiger partial charge in [0.15, 0.2) is 11.6 Å². The molecule has 20 N–H and O–H groups in total. The largest absolute Gasteiger partial charge is 0.494 e. The Morgan fingerprint density at radius 2 is 0.718 bits per heavy atom. The molecule has 0 radical (unpaired) electrons. The molecule has 772 valence electrons. The number of fused-ring (bicyclic) bond motifs is 2. The van der Waals surface area contributed by atoms with Gasteiger partial charge in [-0.15, -0.1) is 0 Å². The minimum atomic E-state index is -1.87. The molecular formula is C92H124B6F6N8O30. The Kier molecular flexibility index (Phi) is 46.1. The Hall–Kier alpha value is -11.6. The monoisotopic (exact) mass is 2000 g/mol. The first-order chi connectivity index (χ1) is 65.9. The number of unbranched alkanes of at least 4 members (excludes halogenated alkanes) is 4. The molecule has 10 rings (SSSR count). The summed E-state index contributed by atoms with van der Waals surface area (Å²) in [5.41, 5.74) is 9.06. The zero-order chi connectivity index (χ0) is 107. The lowest BCUT2D eigenvalue weighted by Crippen LogP contribution is -2.43. The molecule has 38 nitrogen and oxygen atoms in total. The summed E-state index contributed by atoms with van der Waals surface area (Å²) in [6.45, 7) is 29.5. The van der Waals surface area contributed by atoms with Gasteiger partial charge in [-0.1, -0.05) is 24.3 Å². The van der Waals surface area contributed by atoms with E-state index in [1.54, 1.807) is 53.7 Å². The summed E-state index contributed by atoms with van der Waals surface area (Å²) in [5.74, 6) is -12.7. The number of alkyl carbamates (subject to hydrolysis) is 2. The van der Waals surface area contributed by atoms with Crippen LogP contribution in [0.15, 0.2) is 97.1 Å². The van der Waals surface area contributed by atoms with E-state index in [2.05, 4.69) is 31.9 Å². The number of carbonyl (C=O) groups is 12. The molecule has 4 heterocycles. The summed E-state index contributed by atoms with van der Waals surface area (Å²) < 4.78 is 127. The maximum absolute atomic E-state index is 14.7. The van der Waals surface area contributed by atoms with E-state index in [4.69, 9.17) is 79.2 Å². The molecule has 6 aromatic carbocycles. The summed E-state index contributed by atoms with van der Waals surface area (Å²) in [6.07, 6.45) is 3.13. The number of carbonyl (C=O) groups excluding carboxylic acids is 8. The number of aliphatic carboxylic acids is 4. The van der Waals surface area contributed by atoms with Gasteiger partial charge in [-0.2, -0.15) is 0 Å². The average molecular weight is 2000 g/mol. The van der Waals surface area contributed by atoms with E-state index < -0.39 is 195 Å². The van der Waals surface area contributed by atoms with E-state index in [1.807, 2.05) is 55.4 Å². The normalized spacial score (nSPS) is 15.1. The summed E-state index contributed by atoms with van der Waals surface area (Å²) in [6, 6.07) is 15.5. The van der Waals surface area contributed by atoms with Crippen LogP contribution >= 0.6 is 0 Å². The van der Waals surface area contributed by atoms with Crippen LogP contribution in [-0.2, 0) is 69.8 Å². The van der Waals surface area contributed by atoms with Gasteiger partial charge in [-0.05, 0) is 311 Å². The number of carboxylic acids is 4. The number of ketones is 2. The van der Waals surface area contributed by atoms with Gasteiger partial charge in [0.1, 0.15) is 70.3 Å². The molecule has 142 heavy (non-hydrogen) atoms. The first kappa shape index (κ1) is 121. The molecule has 6 aromatic rings. The molecule has 0 aliphatic carbocycles. The van der Waals surface area contributed by atoms with E-state index in [1.165, 1.54) is 68.4 Å². The number of ether oxygens (including phenoxy) is 2. The molecule has 2 fully saturated rings. The second kappa shape index (κ2) is 54.2. The van der Waals surface area contributed by atoms with Crippen molar-refractivity contribution in [3.05, 3.63) is 176 Å². The number of rotatable bonds is 36. The standard InChI is InChI=1S/C24H36BFN2O7.C21H22B2F2N2O8.C14H18BFO3.C13H18BFN2O5.C11H22N2O4.C9H8BFO3/c1-22(2,3)33-21(32)28-18(20(30)31)10-8-9-13-27-19(29)16-12-11-15(14-17(16)26)25-34-23(4,5)24(6,7)35-25;24-16-8-12(22(32)33)4-5-13(16)19(28)26-6-2-1-3-18(21(30)31)27-20(29)14-7-11-10-35-23(34)15(11)9-17(14)25;1-9(17)11-8-10(6-7-12(11)16)15-18-13(2,3)14(4,5)19-15;15-10-7-8(14(21)22)4-5-9(10)12(18)17-6-2-1-3-11(16)13(19)20;1-11(2,3)17-10(16)13-8(9(14)15)6-4-5-7-12;1-5(12)7-2-6-4-14-10(13)8(6)3-9(7)11/h11-12,14,18H,8-10,13H2,1-7H3,(H,27,29)(H,28,32)(H,30,31);4-5,7-9,18,32-34H,1-3,6,10H2,(H,26,28)(H,27,29)(H,30,31);6-8H,1-5H3;4-5,7,11,21-22H,1-3,6,16H2,(H,17,18)(H,19,20);8H,4-7,12H2,1-3H3,(H,13,16)(H,14,15);2-3,13H,4H2,1H3/t2*18-;;11-;8-;/m00.00./s1. The highest BCUT2D eigenvalue weighted by molar-refractivity contribution is 6.63. The number of nitrogens with one attached hydrogen (secondary N) is 6. The SMILES string of the molecule is CC(=O)c1cc(B2OC(C)(C)C(C)(C)O2)ccc1F.CC(=O)c1cc2c(cc1F)B(O)OC2.CC(C)(C)OC(=O)N[C@@H](CCCCN)C(=O)O.CC(C)(C)OC(=O)N[C@@H](CCCCNC(=O)c1ccc(B2OC(C)(C)C(C)(C)O2)cc1F)C(=O)O.N[C@@H](CCCCNC(=O)c1ccc(B(O)O)cc1F)C(=O)O.O=C(NCCCC[C@H](NC(=O)c1cc2c(cc1F)B(O)OC2)C(=O)O)c1ccc(B(O)O)cc1F. The smallest absolute Gasteiger partial charge is 0.480 e. The quantitative estimate of drug-likeness (QED) is 0.0114. The molecule has 4 aliphatic rings. The average Bonchev–Trinajstić information content (AvgIpc) is 1.62. The first-order valence-corrected chi connectivity index (χ1v) is 45.3. The van der Waals surface area contributed by atoms with Crippen LogP contribution in [0.5, 0.6) is 0 Å². The number of Topliss-reactive ketones (excluding diaryl/α,β-unsaturated/α-hetero) is 2. The van der Waals surface area contributed by atoms with Gasteiger partial charge < -0.3 is 131 Å². The van der Waals surface area contributed by atoms with Crippen molar-refractivity contribution in [2.75, 3.05) is 26.2 Å².